The van der Waals surface area contributed by atoms with E-state index in [1.807, 2.05) is 19.9 Å². The Morgan fingerprint density at radius 2 is 2.29 bits per heavy atom. The molecule has 3 N–H and O–H groups in total. The van der Waals surface area contributed by atoms with E-state index in [2.05, 4.69) is 5.32 Å². The van der Waals surface area contributed by atoms with Gasteiger partial charge in [0.2, 0.25) is 5.91 Å². The molecule has 0 fully saturated rings. The maximum absolute atomic E-state index is 11.6. The maximum Gasteiger partial charge on any atom is 0.233 e. The maximum atomic E-state index is 11.6. The van der Waals surface area contributed by atoms with Crippen LogP contribution in [-0.4, -0.2) is 24.8 Å². The van der Waals surface area contributed by atoms with Gasteiger partial charge in [-0.15, -0.1) is 11.8 Å². The average Bonchev–Trinajstić information content (AvgIpc) is 2.31. The van der Waals surface area contributed by atoms with E-state index in [1.165, 1.54) is 11.8 Å². The van der Waals surface area contributed by atoms with Gasteiger partial charge >= 0.3 is 0 Å². The normalized spacial score (nSPS) is 11.9. The van der Waals surface area contributed by atoms with E-state index >= 15 is 0 Å². The number of ether oxygens (including phenoxy) is 1. The highest BCUT2D eigenvalue weighted by Crippen LogP contribution is 2.33. The first-order valence-corrected chi connectivity index (χ1v) is 6.34. The first kappa shape index (κ1) is 13.7. The molecule has 0 aliphatic carbocycles. The molecule has 0 heterocycles. The molecular weight excluding hydrogens is 236 g/mol. The molecule has 0 saturated heterocycles. The third kappa shape index (κ3) is 3.85. The number of anilines is 1. The van der Waals surface area contributed by atoms with Crippen molar-refractivity contribution in [3.05, 3.63) is 18.2 Å². The molecule has 5 heteroatoms. The van der Waals surface area contributed by atoms with Gasteiger partial charge in [0.25, 0.3) is 0 Å². The molecule has 1 rings (SSSR count). The molecule has 0 aliphatic rings. The van der Waals surface area contributed by atoms with Crippen LogP contribution in [0, 0.1) is 0 Å². The van der Waals surface area contributed by atoms with Crippen LogP contribution in [-0.2, 0) is 4.79 Å². The SMILES string of the molecule is CCNC(=O)C(C)Sc1ccc(N)cc1OC. The third-order valence-corrected chi connectivity index (χ3v) is 3.37. The highest BCUT2D eigenvalue weighted by molar-refractivity contribution is 8.00. The van der Waals surface area contributed by atoms with E-state index in [4.69, 9.17) is 10.5 Å². The Kier molecular flexibility index (Phi) is 5.15. The number of nitrogens with two attached hydrogens (primary N) is 1. The fraction of sp³-hybridized carbons (Fsp3) is 0.417. The Bertz CT molecular complexity index is 396. The van der Waals surface area contributed by atoms with Crippen LogP contribution < -0.4 is 15.8 Å². The second-order valence-corrected chi connectivity index (χ2v) is 4.95. The molecular formula is C12H18N2O2S. The number of nitrogens with one attached hydrogen (secondary N) is 1. The Labute approximate surface area is 106 Å². The summed E-state index contributed by atoms with van der Waals surface area (Å²) in [4.78, 5) is 12.5. The minimum Gasteiger partial charge on any atom is -0.496 e. The molecule has 0 radical (unpaired) electrons. The van der Waals surface area contributed by atoms with Crippen LogP contribution >= 0.6 is 11.8 Å². The summed E-state index contributed by atoms with van der Waals surface area (Å²) < 4.78 is 5.23. The lowest BCUT2D eigenvalue weighted by Gasteiger charge is -2.13. The number of rotatable bonds is 5. The molecule has 0 aromatic heterocycles. The van der Waals surface area contributed by atoms with Gasteiger partial charge in [-0.05, 0) is 26.0 Å². The average molecular weight is 254 g/mol. The lowest BCUT2D eigenvalue weighted by molar-refractivity contribution is -0.120. The Morgan fingerprint density at radius 3 is 2.88 bits per heavy atom. The van der Waals surface area contributed by atoms with Gasteiger partial charge in [-0.3, -0.25) is 4.79 Å². The topological polar surface area (TPSA) is 64.4 Å². The number of hydrogen-bond acceptors (Lipinski definition) is 4. The zero-order chi connectivity index (χ0) is 12.8. The summed E-state index contributed by atoms with van der Waals surface area (Å²) in [5, 5.41) is 2.63. The molecule has 1 aromatic rings. The van der Waals surface area contributed by atoms with Crippen LogP contribution in [0.3, 0.4) is 0 Å². The van der Waals surface area contributed by atoms with Crippen molar-refractivity contribution in [1.82, 2.24) is 5.32 Å². The van der Waals surface area contributed by atoms with Crippen LogP contribution in [0.1, 0.15) is 13.8 Å². The molecule has 1 amide bonds. The van der Waals surface area contributed by atoms with Crippen molar-refractivity contribution in [2.24, 2.45) is 0 Å². The van der Waals surface area contributed by atoms with Crippen molar-refractivity contribution in [1.29, 1.82) is 0 Å². The molecule has 0 saturated carbocycles. The standard InChI is InChI=1S/C12H18N2O2S/c1-4-14-12(15)8(2)17-11-6-5-9(13)7-10(11)16-3/h5-8H,4,13H2,1-3H3,(H,14,15). The van der Waals surface area contributed by atoms with Crippen molar-refractivity contribution in [3.63, 3.8) is 0 Å². The van der Waals surface area contributed by atoms with Gasteiger partial charge < -0.3 is 15.8 Å². The number of hydrogen-bond donors (Lipinski definition) is 2. The summed E-state index contributed by atoms with van der Waals surface area (Å²) in [6.45, 7) is 4.41. The van der Waals surface area contributed by atoms with Gasteiger partial charge in [0.1, 0.15) is 5.75 Å². The van der Waals surface area contributed by atoms with E-state index in [0.717, 1.165) is 4.90 Å². The van der Waals surface area contributed by atoms with Gasteiger partial charge in [-0.1, -0.05) is 0 Å². The van der Waals surface area contributed by atoms with E-state index in [-0.39, 0.29) is 11.2 Å². The van der Waals surface area contributed by atoms with Crippen LogP contribution in [0.15, 0.2) is 23.1 Å². The van der Waals surface area contributed by atoms with Crippen molar-refractivity contribution in [3.8, 4) is 5.75 Å². The van der Waals surface area contributed by atoms with Gasteiger partial charge in [0.05, 0.1) is 17.3 Å². The minimum absolute atomic E-state index is 0.0244. The summed E-state index contributed by atoms with van der Waals surface area (Å²) in [7, 11) is 1.59. The summed E-state index contributed by atoms with van der Waals surface area (Å²) in [5.41, 5.74) is 6.32. The van der Waals surface area contributed by atoms with E-state index in [1.54, 1.807) is 19.2 Å². The Morgan fingerprint density at radius 1 is 1.59 bits per heavy atom. The van der Waals surface area contributed by atoms with Gasteiger partial charge in [0.15, 0.2) is 0 Å². The van der Waals surface area contributed by atoms with Gasteiger partial charge in [0, 0.05) is 18.3 Å². The predicted octanol–water partition coefficient (Wildman–Crippen LogP) is 1.89. The number of thioether (sulfide) groups is 1. The molecule has 4 nitrogen and oxygen atoms in total. The molecule has 1 unspecified atom stereocenters. The van der Waals surface area contributed by atoms with Gasteiger partial charge in [-0.25, -0.2) is 0 Å². The van der Waals surface area contributed by atoms with Crippen LogP contribution in [0.4, 0.5) is 5.69 Å². The number of benzene rings is 1. The van der Waals surface area contributed by atoms with Crippen LogP contribution in [0.2, 0.25) is 0 Å². The first-order chi connectivity index (χ1) is 8.08. The number of carbonyl (C=O) groups excluding carboxylic acids is 1. The first-order valence-electron chi connectivity index (χ1n) is 5.46. The van der Waals surface area contributed by atoms with Crippen molar-refractivity contribution >= 4 is 23.4 Å². The Balaban J connectivity index is 2.77. The van der Waals surface area contributed by atoms with E-state index < -0.39 is 0 Å². The molecule has 1 aromatic carbocycles. The molecule has 0 aliphatic heterocycles. The molecule has 0 spiro atoms. The highest BCUT2D eigenvalue weighted by atomic mass is 32.2. The monoisotopic (exact) mass is 254 g/mol. The largest absolute Gasteiger partial charge is 0.496 e. The summed E-state index contributed by atoms with van der Waals surface area (Å²) in [6, 6.07) is 5.43. The quantitative estimate of drug-likeness (QED) is 0.622. The second-order valence-electron chi connectivity index (χ2n) is 3.56. The van der Waals surface area contributed by atoms with E-state index in [0.29, 0.717) is 18.0 Å². The highest BCUT2D eigenvalue weighted by Gasteiger charge is 2.15. The lowest BCUT2D eigenvalue weighted by atomic mass is 10.3. The fourth-order valence-corrected chi connectivity index (χ4v) is 2.32. The van der Waals surface area contributed by atoms with Crippen LogP contribution in [0.5, 0.6) is 5.75 Å². The van der Waals surface area contributed by atoms with Crippen LogP contribution in [0.25, 0.3) is 0 Å². The number of amides is 1. The van der Waals surface area contributed by atoms with Gasteiger partial charge in [-0.2, -0.15) is 0 Å². The lowest BCUT2D eigenvalue weighted by Crippen LogP contribution is -2.30. The number of methoxy groups -OCH3 is 1. The summed E-state index contributed by atoms with van der Waals surface area (Å²) >= 11 is 1.46. The number of nitrogen functional groups attached to an aromatic ring is 1. The molecule has 17 heavy (non-hydrogen) atoms. The van der Waals surface area contributed by atoms with Crippen molar-refractivity contribution in [2.45, 2.75) is 24.0 Å². The predicted molar refractivity (Wildman–Crippen MR) is 71.4 cm³/mol. The summed E-state index contributed by atoms with van der Waals surface area (Å²) in [5.74, 6) is 0.725. The van der Waals surface area contributed by atoms with Crippen molar-refractivity contribution in [2.75, 3.05) is 19.4 Å². The van der Waals surface area contributed by atoms with Crippen molar-refractivity contribution < 1.29 is 9.53 Å². The fourth-order valence-electron chi connectivity index (χ4n) is 1.34. The third-order valence-electron chi connectivity index (χ3n) is 2.21. The Hall–Kier alpha value is -1.36. The molecule has 1 atom stereocenters. The smallest absolute Gasteiger partial charge is 0.233 e. The second kappa shape index (κ2) is 6.39. The van der Waals surface area contributed by atoms with E-state index in [9.17, 15) is 4.79 Å². The molecule has 94 valence electrons. The zero-order valence-electron chi connectivity index (χ0n) is 10.3. The summed E-state index contributed by atoms with van der Waals surface area (Å²) in [6.07, 6.45) is 0. The molecule has 0 bridgehead atoms. The minimum atomic E-state index is -0.160. The zero-order valence-corrected chi connectivity index (χ0v) is 11.1. The number of carbonyl (C=O) groups is 1.